The quantitative estimate of drug-likeness (QED) is 0.587. The van der Waals surface area contributed by atoms with E-state index in [0.29, 0.717) is 16.6 Å². The van der Waals surface area contributed by atoms with Gasteiger partial charge in [0.25, 0.3) is 5.91 Å². The first-order valence-electron chi connectivity index (χ1n) is 8.27. The molecule has 0 saturated carbocycles. The first kappa shape index (κ1) is 17.0. The van der Waals surface area contributed by atoms with Crippen molar-refractivity contribution in [3.63, 3.8) is 0 Å². The van der Waals surface area contributed by atoms with Crippen molar-refractivity contribution in [2.75, 3.05) is 5.32 Å². The fraction of sp³-hybridized carbons (Fsp3) is 0.105. The minimum atomic E-state index is -0.296. The molecule has 0 saturated heterocycles. The summed E-state index contributed by atoms with van der Waals surface area (Å²) < 4.78 is 1.64. The third kappa shape index (κ3) is 3.47. The molecule has 7 nitrogen and oxygen atoms in total. The van der Waals surface area contributed by atoms with Crippen LogP contribution in [0.3, 0.4) is 0 Å². The van der Waals surface area contributed by atoms with Crippen LogP contribution in [0.5, 0.6) is 0 Å². The van der Waals surface area contributed by atoms with Crippen LogP contribution < -0.4 is 5.32 Å². The standard InChI is InChI=1S/C19H16N6OS/c1-12-6-7-14(22-9-12)17-13(2)27-19(23-17)24-18(26)15-10-20-11-25(15)16-5-3-4-8-21-16/h3-11H,1-2H3,(H,23,24,26). The molecule has 0 spiro atoms. The summed E-state index contributed by atoms with van der Waals surface area (Å²) in [6, 6.07) is 9.41. The normalized spacial score (nSPS) is 10.7. The second-order valence-corrected chi connectivity index (χ2v) is 7.14. The molecule has 4 aromatic heterocycles. The van der Waals surface area contributed by atoms with Crippen molar-refractivity contribution in [1.82, 2.24) is 24.5 Å². The highest BCUT2D eigenvalue weighted by atomic mass is 32.1. The van der Waals surface area contributed by atoms with Crippen molar-refractivity contribution in [2.45, 2.75) is 13.8 Å². The van der Waals surface area contributed by atoms with Crippen molar-refractivity contribution in [1.29, 1.82) is 0 Å². The minimum Gasteiger partial charge on any atom is -0.296 e. The first-order valence-corrected chi connectivity index (χ1v) is 9.09. The van der Waals surface area contributed by atoms with Gasteiger partial charge in [-0.1, -0.05) is 12.1 Å². The summed E-state index contributed by atoms with van der Waals surface area (Å²) in [7, 11) is 0. The van der Waals surface area contributed by atoms with Crippen LogP contribution in [0.4, 0.5) is 5.13 Å². The van der Waals surface area contributed by atoms with E-state index in [1.54, 1.807) is 23.3 Å². The van der Waals surface area contributed by atoms with Gasteiger partial charge in [0.05, 0.1) is 11.9 Å². The molecule has 0 atom stereocenters. The molecule has 134 valence electrons. The molecule has 8 heteroatoms. The predicted molar refractivity (Wildman–Crippen MR) is 104 cm³/mol. The van der Waals surface area contributed by atoms with E-state index < -0.39 is 0 Å². The number of aryl methyl sites for hydroxylation is 2. The van der Waals surface area contributed by atoms with E-state index in [-0.39, 0.29) is 5.91 Å². The molecule has 0 bridgehead atoms. The third-order valence-electron chi connectivity index (χ3n) is 3.94. The molecular formula is C19H16N6OS. The lowest BCUT2D eigenvalue weighted by molar-refractivity contribution is 0.102. The number of amides is 1. The Morgan fingerprint density at radius 2 is 2.00 bits per heavy atom. The van der Waals surface area contributed by atoms with Crippen molar-refractivity contribution in [3.05, 3.63) is 71.4 Å². The average Bonchev–Trinajstić information content (AvgIpc) is 3.30. The van der Waals surface area contributed by atoms with E-state index in [1.807, 2.05) is 44.2 Å². The summed E-state index contributed by atoms with van der Waals surface area (Å²) in [6.45, 7) is 3.95. The fourth-order valence-corrected chi connectivity index (χ4v) is 3.42. The smallest absolute Gasteiger partial charge is 0.276 e. The van der Waals surface area contributed by atoms with Gasteiger partial charge in [0.15, 0.2) is 5.13 Å². The molecule has 0 fully saturated rings. The van der Waals surface area contributed by atoms with Gasteiger partial charge in [0.1, 0.15) is 23.5 Å². The van der Waals surface area contributed by atoms with E-state index >= 15 is 0 Å². The number of aromatic nitrogens is 5. The molecule has 4 heterocycles. The molecule has 4 aromatic rings. The van der Waals surface area contributed by atoms with Gasteiger partial charge >= 0.3 is 0 Å². The average molecular weight is 376 g/mol. The highest BCUT2D eigenvalue weighted by Crippen LogP contribution is 2.29. The van der Waals surface area contributed by atoms with Gasteiger partial charge in [0, 0.05) is 17.3 Å². The maximum atomic E-state index is 12.7. The number of nitrogens with one attached hydrogen (secondary N) is 1. The van der Waals surface area contributed by atoms with Crippen LogP contribution in [0, 0.1) is 13.8 Å². The van der Waals surface area contributed by atoms with Gasteiger partial charge in [-0.05, 0) is 37.6 Å². The molecule has 0 aliphatic carbocycles. The molecule has 0 aliphatic heterocycles. The number of pyridine rings is 2. The molecule has 0 radical (unpaired) electrons. The Balaban J connectivity index is 1.59. The van der Waals surface area contributed by atoms with E-state index in [9.17, 15) is 4.79 Å². The third-order valence-corrected chi connectivity index (χ3v) is 4.82. The number of hydrogen-bond donors (Lipinski definition) is 1. The second-order valence-electron chi connectivity index (χ2n) is 5.94. The van der Waals surface area contributed by atoms with Gasteiger partial charge < -0.3 is 0 Å². The van der Waals surface area contributed by atoms with Gasteiger partial charge in [0.2, 0.25) is 0 Å². The number of rotatable bonds is 4. The van der Waals surface area contributed by atoms with Crippen LogP contribution in [-0.2, 0) is 0 Å². The predicted octanol–water partition coefficient (Wildman–Crippen LogP) is 3.65. The molecular weight excluding hydrogens is 360 g/mol. The van der Waals surface area contributed by atoms with Gasteiger partial charge in [-0.25, -0.2) is 15.0 Å². The van der Waals surface area contributed by atoms with Crippen molar-refractivity contribution < 1.29 is 4.79 Å². The number of anilines is 1. The monoisotopic (exact) mass is 376 g/mol. The highest BCUT2D eigenvalue weighted by Gasteiger charge is 2.17. The highest BCUT2D eigenvalue weighted by molar-refractivity contribution is 7.16. The number of nitrogens with zero attached hydrogens (tertiary/aromatic N) is 5. The van der Waals surface area contributed by atoms with Crippen molar-refractivity contribution in [3.8, 4) is 17.2 Å². The maximum absolute atomic E-state index is 12.7. The van der Waals surface area contributed by atoms with Gasteiger partial charge in [-0.15, -0.1) is 11.3 Å². The van der Waals surface area contributed by atoms with Crippen LogP contribution in [0.1, 0.15) is 20.9 Å². The summed E-state index contributed by atoms with van der Waals surface area (Å²) in [5.41, 5.74) is 3.03. The Kier molecular flexibility index (Phi) is 4.47. The summed E-state index contributed by atoms with van der Waals surface area (Å²) >= 11 is 1.41. The Hall–Kier alpha value is -3.39. The molecule has 0 aromatic carbocycles. The van der Waals surface area contributed by atoms with E-state index in [1.165, 1.54) is 17.5 Å². The maximum Gasteiger partial charge on any atom is 0.276 e. The summed E-state index contributed by atoms with van der Waals surface area (Å²) in [6.07, 6.45) is 6.54. The molecule has 27 heavy (non-hydrogen) atoms. The lowest BCUT2D eigenvalue weighted by atomic mass is 10.2. The molecule has 1 amide bonds. The number of carbonyl (C=O) groups is 1. The topological polar surface area (TPSA) is 85.6 Å². The lowest BCUT2D eigenvalue weighted by Crippen LogP contribution is -2.16. The Labute approximate surface area is 159 Å². The van der Waals surface area contributed by atoms with E-state index in [0.717, 1.165) is 21.8 Å². The Morgan fingerprint density at radius 1 is 1.11 bits per heavy atom. The zero-order chi connectivity index (χ0) is 18.8. The number of carbonyl (C=O) groups excluding carboxylic acids is 1. The van der Waals surface area contributed by atoms with Crippen molar-refractivity contribution >= 4 is 22.4 Å². The Morgan fingerprint density at radius 3 is 2.74 bits per heavy atom. The van der Waals surface area contributed by atoms with Crippen molar-refractivity contribution in [2.24, 2.45) is 0 Å². The first-order chi connectivity index (χ1) is 13.1. The number of thiazole rings is 1. The summed E-state index contributed by atoms with van der Waals surface area (Å²) in [4.78, 5) is 31.0. The second kappa shape index (κ2) is 7.08. The SMILES string of the molecule is Cc1ccc(-c2nc(NC(=O)c3cncn3-c3ccccn3)sc2C)nc1. The molecule has 0 unspecified atom stereocenters. The van der Waals surface area contributed by atoms with Crippen LogP contribution in [0.2, 0.25) is 0 Å². The summed E-state index contributed by atoms with van der Waals surface area (Å²) in [5, 5.41) is 3.37. The zero-order valence-electron chi connectivity index (χ0n) is 14.7. The lowest BCUT2D eigenvalue weighted by Gasteiger charge is -2.06. The fourth-order valence-electron chi connectivity index (χ4n) is 2.60. The zero-order valence-corrected chi connectivity index (χ0v) is 15.6. The van der Waals surface area contributed by atoms with E-state index in [4.69, 9.17) is 0 Å². The molecule has 1 N–H and O–H groups in total. The van der Waals surface area contributed by atoms with Crippen LogP contribution in [-0.4, -0.2) is 30.4 Å². The molecule has 0 aliphatic rings. The van der Waals surface area contributed by atoms with Crippen LogP contribution >= 0.6 is 11.3 Å². The largest absolute Gasteiger partial charge is 0.296 e. The van der Waals surface area contributed by atoms with Crippen LogP contribution in [0.15, 0.2) is 55.2 Å². The summed E-state index contributed by atoms with van der Waals surface area (Å²) in [5.74, 6) is 0.329. The van der Waals surface area contributed by atoms with E-state index in [2.05, 4.69) is 25.3 Å². The van der Waals surface area contributed by atoms with Gasteiger partial charge in [-0.3, -0.25) is 19.7 Å². The number of hydrogen-bond acceptors (Lipinski definition) is 6. The number of imidazole rings is 1. The minimum absolute atomic E-state index is 0.296. The van der Waals surface area contributed by atoms with Crippen LogP contribution in [0.25, 0.3) is 17.2 Å². The Bertz CT molecular complexity index is 1090. The van der Waals surface area contributed by atoms with Gasteiger partial charge in [-0.2, -0.15) is 0 Å². The molecule has 4 rings (SSSR count).